The highest BCUT2D eigenvalue weighted by molar-refractivity contribution is 5.94. The fourth-order valence-corrected chi connectivity index (χ4v) is 3.28. The molecule has 156 valence electrons. The molecule has 0 saturated carbocycles. The molecule has 0 fully saturated rings. The van der Waals surface area contributed by atoms with E-state index in [1.165, 1.54) is 11.1 Å². The van der Waals surface area contributed by atoms with Crippen molar-refractivity contribution in [3.63, 3.8) is 0 Å². The number of benzene rings is 2. The van der Waals surface area contributed by atoms with Crippen molar-refractivity contribution in [2.75, 3.05) is 7.11 Å². The molecule has 0 bridgehead atoms. The number of amides is 1. The number of rotatable bonds is 6. The number of hydrogen-bond acceptors (Lipinski definition) is 4. The fraction of sp³-hybridized carbons (Fsp3) is 0.160. The molecule has 4 rings (SSSR count). The number of nitrogens with one attached hydrogen (secondary N) is 1. The molecule has 0 aliphatic carbocycles. The molecular formula is C25H24N4O2. The smallest absolute Gasteiger partial charge is 0.270 e. The van der Waals surface area contributed by atoms with E-state index in [4.69, 9.17) is 9.84 Å². The first-order valence-electron chi connectivity index (χ1n) is 10.0. The zero-order chi connectivity index (χ0) is 21.8. The first-order valence-corrected chi connectivity index (χ1v) is 10.0. The summed E-state index contributed by atoms with van der Waals surface area (Å²) in [5.41, 5.74) is 6.28. The molecule has 0 unspecified atom stereocenters. The van der Waals surface area contributed by atoms with Gasteiger partial charge in [-0.2, -0.15) is 5.10 Å². The van der Waals surface area contributed by atoms with E-state index in [0.29, 0.717) is 12.2 Å². The monoisotopic (exact) mass is 412 g/mol. The topological polar surface area (TPSA) is 69.0 Å². The Kier molecular flexibility index (Phi) is 5.80. The van der Waals surface area contributed by atoms with Gasteiger partial charge in [0.15, 0.2) is 0 Å². The third-order valence-corrected chi connectivity index (χ3v) is 5.24. The molecule has 0 atom stereocenters. The van der Waals surface area contributed by atoms with Crippen LogP contribution in [0, 0.1) is 13.8 Å². The molecule has 0 saturated heterocycles. The predicted molar refractivity (Wildman–Crippen MR) is 120 cm³/mol. The second kappa shape index (κ2) is 8.83. The first-order chi connectivity index (χ1) is 15.0. The Hall–Kier alpha value is -3.93. The van der Waals surface area contributed by atoms with E-state index < -0.39 is 0 Å². The van der Waals surface area contributed by atoms with E-state index in [0.717, 1.165) is 28.3 Å². The van der Waals surface area contributed by atoms with Crippen LogP contribution in [0.5, 0.6) is 5.75 Å². The maximum atomic E-state index is 13.1. The summed E-state index contributed by atoms with van der Waals surface area (Å²) < 4.78 is 6.92. The van der Waals surface area contributed by atoms with Crippen LogP contribution in [0.15, 0.2) is 73.1 Å². The first kappa shape index (κ1) is 20.3. The van der Waals surface area contributed by atoms with Crippen LogP contribution in [-0.2, 0) is 6.54 Å². The predicted octanol–water partition coefficient (Wildman–Crippen LogP) is 4.49. The van der Waals surface area contributed by atoms with Crippen LogP contribution in [0.2, 0.25) is 0 Å². The lowest BCUT2D eigenvalue weighted by atomic mass is 10.0. The van der Waals surface area contributed by atoms with Gasteiger partial charge < -0.3 is 10.1 Å². The highest BCUT2D eigenvalue weighted by atomic mass is 16.5. The Morgan fingerprint density at radius 1 is 1.03 bits per heavy atom. The highest BCUT2D eigenvalue weighted by Gasteiger charge is 2.18. The summed E-state index contributed by atoms with van der Waals surface area (Å²) in [6.45, 7) is 4.53. The summed E-state index contributed by atoms with van der Waals surface area (Å²) in [5, 5.41) is 7.72. The third kappa shape index (κ3) is 4.48. The van der Waals surface area contributed by atoms with Gasteiger partial charge in [-0.15, -0.1) is 0 Å². The highest BCUT2D eigenvalue weighted by Crippen LogP contribution is 2.25. The van der Waals surface area contributed by atoms with Crippen molar-refractivity contribution in [2.45, 2.75) is 20.4 Å². The number of carbonyl (C=O) groups excluding carboxylic acids is 1. The van der Waals surface area contributed by atoms with Crippen molar-refractivity contribution in [2.24, 2.45) is 0 Å². The summed E-state index contributed by atoms with van der Waals surface area (Å²) in [6, 6.07) is 19.3. The molecular weight excluding hydrogens is 388 g/mol. The van der Waals surface area contributed by atoms with E-state index in [1.807, 2.05) is 48.5 Å². The molecule has 4 aromatic rings. The second-order valence-corrected chi connectivity index (χ2v) is 7.37. The molecule has 0 aliphatic rings. The van der Waals surface area contributed by atoms with Gasteiger partial charge in [-0.1, -0.05) is 18.2 Å². The van der Waals surface area contributed by atoms with Gasteiger partial charge in [0, 0.05) is 24.5 Å². The van der Waals surface area contributed by atoms with Gasteiger partial charge in [0.25, 0.3) is 5.91 Å². The largest absolute Gasteiger partial charge is 0.497 e. The van der Waals surface area contributed by atoms with Crippen LogP contribution in [0.25, 0.3) is 16.9 Å². The molecule has 0 spiro atoms. The van der Waals surface area contributed by atoms with Crippen molar-refractivity contribution in [1.82, 2.24) is 20.1 Å². The minimum Gasteiger partial charge on any atom is -0.497 e. The van der Waals surface area contributed by atoms with E-state index in [-0.39, 0.29) is 5.91 Å². The molecule has 0 radical (unpaired) electrons. The molecule has 1 amide bonds. The molecule has 31 heavy (non-hydrogen) atoms. The lowest BCUT2D eigenvalue weighted by Crippen LogP contribution is -2.25. The number of carbonyl (C=O) groups is 1. The van der Waals surface area contributed by atoms with Crippen molar-refractivity contribution in [1.29, 1.82) is 0 Å². The zero-order valence-electron chi connectivity index (χ0n) is 17.8. The molecule has 6 heteroatoms. The Bertz CT molecular complexity index is 1200. The minimum atomic E-state index is -0.206. The van der Waals surface area contributed by atoms with Crippen LogP contribution in [0.4, 0.5) is 0 Å². The lowest BCUT2D eigenvalue weighted by molar-refractivity contribution is 0.0943. The van der Waals surface area contributed by atoms with Crippen molar-refractivity contribution >= 4 is 5.91 Å². The fourth-order valence-electron chi connectivity index (χ4n) is 3.28. The van der Waals surface area contributed by atoms with Gasteiger partial charge >= 0.3 is 0 Å². The maximum Gasteiger partial charge on any atom is 0.270 e. The number of aryl methyl sites for hydroxylation is 2. The van der Waals surface area contributed by atoms with Gasteiger partial charge in [0.1, 0.15) is 11.4 Å². The number of pyridine rings is 1. The summed E-state index contributed by atoms with van der Waals surface area (Å²) >= 11 is 0. The summed E-state index contributed by atoms with van der Waals surface area (Å²) in [4.78, 5) is 17.2. The van der Waals surface area contributed by atoms with E-state index in [9.17, 15) is 4.79 Å². The number of aromatic nitrogens is 3. The average Bonchev–Trinajstić information content (AvgIpc) is 3.25. The quantitative estimate of drug-likeness (QED) is 0.507. The summed E-state index contributed by atoms with van der Waals surface area (Å²) in [7, 11) is 1.62. The number of methoxy groups -OCH3 is 1. The van der Waals surface area contributed by atoms with Gasteiger partial charge in [-0.25, -0.2) is 4.68 Å². The molecule has 1 N–H and O–H groups in total. The summed E-state index contributed by atoms with van der Waals surface area (Å²) in [6.07, 6.45) is 3.45. The van der Waals surface area contributed by atoms with E-state index in [2.05, 4.69) is 36.3 Å². The molecule has 0 aliphatic heterocycles. The number of nitrogens with zero attached hydrogens (tertiary/aromatic N) is 3. The number of hydrogen-bond donors (Lipinski definition) is 1. The standard InChI is InChI=1S/C25H24N4O2/c1-17-6-7-20(13-18(17)2)23-14-24(25(30)27-16-19-5-4-12-26-15-19)29(28-23)21-8-10-22(31-3)11-9-21/h4-15H,16H2,1-3H3,(H,27,30). The van der Waals surface area contributed by atoms with Crippen molar-refractivity contribution in [3.05, 3.63) is 95.4 Å². The number of ether oxygens (including phenoxy) is 1. The Balaban J connectivity index is 1.71. The van der Waals surface area contributed by atoms with Crippen LogP contribution >= 0.6 is 0 Å². The second-order valence-electron chi connectivity index (χ2n) is 7.37. The molecule has 2 heterocycles. The SMILES string of the molecule is COc1ccc(-n2nc(-c3ccc(C)c(C)c3)cc2C(=O)NCc2cccnc2)cc1. The molecule has 6 nitrogen and oxygen atoms in total. The van der Waals surface area contributed by atoms with Crippen LogP contribution in [0.3, 0.4) is 0 Å². The Labute approximate surface area is 181 Å². The lowest BCUT2D eigenvalue weighted by Gasteiger charge is -2.09. The van der Waals surface area contributed by atoms with Gasteiger partial charge in [0.2, 0.25) is 0 Å². The van der Waals surface area contributed by atoms with Crippen LogP contribution < -0.4 is 10.1 Å². The third-order valence-electron chi connectivity index (χ3n) is 5.24. The van der Waals surface area contributed by atoms with E-state index in [1.54, 1.807) is 24.2 Å². The van der Waals surface area contributed by atoms with Gasteiger partial charge in [-0.05, 0) is 73.0 Å². The van der Waals surface area contributed by atoms with Crippen molar-refractivity contribution in [3.8, 4) is 22.7 Å². The van der Waals surface area contributed by atoms with Crippen molar-refractivity contribution < 1.29 is 9.53 Å². The molecule has 2 aromatic carbocycles. The Morgan fingerprint density at radius 2 is 1.84 bits per heavy atom. The Morgan fingerprint density at radius 3 is 2.52 bits per heavy atom. The maximum absolute atomic E-state index is 13.1. The molecule has 2 aromatic heterocycles. The van der Waals surface area contributed by atoms with Gasteiger partial charge in [-0.3, -0.25) is 9.78 Å². The minimum absolute atomic E-state index is 0.206. The normalized spacial score (nSPS) is 10.7. The van der Waals surface area contributed by atoms with Crippen LogP contribution in [0.1, 0.15) is 27.2 Å². The van der Waals surface area contributed by atoms with E-state index >= 15 is 0 Å². The average molecular weight is 412 g/mol. The summed E-state index contributed by atoms with van der Waals surface area (Å²) in [5.74, 6) is 0.537. The van der Waals surface area contributed by atoms with Gasteiger partial charge in [0.05, 0.1) is 18.5 Å². The van der Waals surface area contributed by atoms with Crippen LogP contribution in [-0.4, -0.2) is 27.8 Å². The zero-order valence-corrected chi connectivity index (χ0v) is 17.8.